The lowest BCUT2D eigenvalue weighted by atomic mass is 9.62. The lowest BCUT2D eigenvalue weighted by molar-refractivity contribution is -0.137. The fourth-order valence-electron chi connectivity index (χ4n) is 7.66. The van der Waals surface area contributed by atoms with Crippen LogP contribution >= 0.6 is 11.3 Å². The Morgan fingerprint density at radius 2 is 1.94 bits per heavy atom. The second-order valence-electron chi connectivity index (χ2n) is 12.8. The third-order valence-electron chi connectivity index (χ3n) is 9.73. The highest BCUT2D eigenvalue weighted by molar-refractivity contribution is 7.23. The molecule has 47 heavy (non-hydrogen) atoms. The molecule has 15 heteroatoms. The van der Waals surface area contributed by atoms with Crippen molar-refractivity contribution < 1.29 is 36.2 Å². The SMILES string of the molecule is COc1nc(N2CC3(CC(O)C3)C2)c2cc(C(F)(F)F)c(-c3ccc(F)c4sc(N)c(C#N)c34)c(F)c2n1.FC1CC2CCCN2C1. The van der Waals surface area contributed by atoms with Crippen molar-refractivity contribution in [3.8, 4) is 23.2 Å². The van der Waals surface area contributed by atoms with E-state index in [1.807, 2.05) is 0 Å². The lowest BCUT2D eigenvalue weighted by Crippen LogP contribution is -2.64. The molecule has 248 valence electrons. The van der Waals surface area contributed by atoms with Crippen LogP contribution in [0.1, 0.15) is 43.2 Å². The number of ether oxygens (including phenoxy) is 1. The molecule has 2 atom stereocenters. The van der Waals surface area contributed by atoms with E-state index >= 15 is 4.39 Å². The van der Waals surface area contributed by atoms with E-state index in [0.29, 0.717) is 49.9 Å². The maximum absolute atomic E-state index is 16.3. The first kappa shape index (κ1) is 31.7. The average molecular weight is 677 g/mol. The first-order valence-corrected chi connectivity index (χ1v) is 16.0. The van der Waals surface area contributed by atoms with E-state index in [0.717, 1.165) is 31.2 Å². The molecule has 1 spiro atoms. The van der Waals surface area contributed by atoms with E-state index in [2.05, 4.69) is 14.9 Å². The zero-order valence-electron chi connectivity index (χ0n) is 25.2. The summed E-state index contributed by atoms with van der Waals surface area (Å²) in [5.41, 5.74) is 2.51. The topological polar surface area (TPSA) is 112 Å². The maximum Gasteiger partial charge on any atom is 0.417 e. The number of thiophene rings is 1. The van der Waals surface area contributed by atoms with Crippen molar-refractivity contribution >= 4 is 43.1 Å². The van der Waals surface area contributed by atoms with E-state index in [4.69, 9.17) is 10.5 Å². The number of halogens is 6. The van der Waals surface area contributed by atoms with E-state index < -0.39 is 46.7 Å². The van der Waals surface area contributed by atoms with Crippen molar-refractivity contribution in [2.45, 2.75) is 56.6 Å². The Hall–Kier alpha value is -3.87. The van der Waals surface area contributed by atoms with Gasteiger partial charge in [0.2, 0.25) is 0 Å². The summed E-state index contributed by atoms with van der Waals surface area (Å²) in [5.74, 6) is -2.03. The zero-order chi connectivity index (χ0) is 33.4. The fraction of sp³-hybridized carbons (Fsp3) is 0.469. The molecule has 4 aromatic rings. The van der Waals surface area contributed by atoms with Gasteiger partial charge in [-0.15, -0.1) is 11.3 Å². The van der Waals surface area contributed by atoms with Gasteiger partial charge in [-0.05, 0) is 56.3 Å². The Labute approximate surface area is 269 Å². The number of aliphatic hydroxyl groups is 1. The molecule has 0 amide bonds. The quantitative estimate of drug-likeness (QED) is 0.239. The molecular formula is C32H30F6N6O2S. The summed E-state index contributed by atoms with van der Waals surface area (Å²) in [7, 11) is 1.25. The highest BCUT2D eigenvalue weighted by Gasteiger charge is 2.53. The minimum atomic E-state index is -5.02. The minimum absolute atomic E-state index is 0.0801. The van der Waals surface area contributed by atoms with E-state index in [9.17, 15) is 32.3 Å². The van der Waals surface area contributed by atoms with Crippen LogP contribution < -0.4 is 15.4 Å². The van der Waals surface area contributed by atoms with Crippen molar-refractivity contribution in [2.24, 2.45) is 5.41 Å². The Kier molecular flexibility index (Phi) is 7.68. The summed E-state index contributed by atoms with van der Waals surface area (Å²) in [6, 6.07) is 4.86. The Balaban J connectivity index is 0.000000334. The van der Waals surface area contributed by atoms with Gasteiger partial charge in [0.15, 0.2) is 5.82 Å². The molecule has 4 aliphatic rings. The maximum atomic E-state index is 16.3. The number of nitrogens with two attached hydrogens (primary N) is 1. The fourth-order valence-corrected chi connectivity index (χ4v) is 8.61. The molecule has 1 aliphatic carbocycles. The largest absolute Gasteiger partial charge is 0.467 e. The molecule has 8 nitrogen and oxygen atoms in total. The molecule has 5 heterocycles. The van der Waals surface area contributed by atoms with Gasteiger partial charge in [0.05, 0.1) is 29.0 Å². The number of benzene rings is 2. The van der Waals surface area contributed by atoms with Gasteiger partial charge in [0.25, 0.3) is 0 Å². The smallest absolute Gasteiger partial charge is 0.417 e. The van der Waals surface area contributed by atoms with E-state index in [1.54, 1.807) is 11.0 Å². The third-order valence-corrected chi connectivity index (χ3v) is 10.8. The molecule has 0 bridgehead atoms. The number of anilines is 2. The first-order valence-electron chi connectivity index (χ1n) is 15.2. The van der Waals surface area contributed by atoms with Crippen LogP contribution in [0.5, 0.6) is 6.01 Å². The monoisotopic (exact) mass is 676 g/mol. The van der Waals surface area contributed by atoms with Gasteiger partial charge in [-0.2, -0.15) is 28.4 Å². The average Bonchev–Trinajstić information content (AvgIpc) is 3.67. The summed E-state index contributed by atoms with van der Waals surface area (Å²) < 4.78 is 91.9. The summed E-state index contributed by atoms with van der Waals surface area (Å²) in [4.78, 5) is 12.3. The molecule has 3 N–H and O–H groups in total. The van der Waals surface area contributed by atoms with Crippen LogP contribution in [-0.4, -0.2) is 71.6 Å². The molecular weight excluding hydrogens is 646 g/mol. The number of hydrogen-bond donors (Lipinski definition) is 2. The van der Waals surface area contributed by atoms with Crippen molar-refractivity contribution in [1.29, 1.82) is 5.26 Å². The molecule has 1 saturated carbocycles. The molecule has 2 unspecified atom stereocenters. The van der Waals surface area contributed by atoms with Crippen molar-refractivity contribution in [3.63, 3.8) is 0 Å². The lowest BCUT2D eigenvalue weighted by Gasteiger charge is -2.58. The van der Waals surface area contributed by atoms with Crippen LogP contribution in [0.4, 0.5) is 37.2 Å². The minimum Gasteiger partial charge on any atom is -0.467 e. The highest BCUT2D eigenvalue weighted by atomic mass is 32.1. The van der Waals surface area contributed by atoms with Crippen LogP contribution in [0, 0.1) is 28.4 Å². The van der Waals surface area contributed by atoms with Crippen molar-refractivity contribution in [2.75, 3.05) is 43.9 Å². The highest BCUT2D eigenvalue weighted by Crippen LogP contribution is 2.52. The number of aromatic nitrogens is 2. The molecule has 4 fully saturated rings. The molecule has 0 radical (unpaired) electrons. The normalized spacial score (nSPS) is 22.1. The predicted octanol–water partition coefficient (Wildman–Crippen LogP) is 6.42. The second-order valence-corrected chi connectivity index (χ2v) is 13.9. The summed E-state index contributed by atoms with van der Waals surface area (Å²) in [6.07, 6.45) is -1.48. The van der Waals surface area contributed by atoms with E-state index in [1.165, 1.54) is 20.0 Å². The summed E-state index contributed by atoms with van der Waals surface area (Å²) in [6.45, 7) is 2.72. The molecule has 8 rings (SSSR count). The van der Waals surface area contributed by atoms with Crippen LogP contribution in [0.15, 0.2) is 18.2 Å². The van der Waals surface area contributed by atoms with Crippen LogP contribution in [0.25, 0.3) is 32.1 Å². The number of methoxy groups -OCH3 is 1. The van der Waals surface area contributed by atoms with Gasteiger partial charge in [-0.3, -0.25) is 4.90 Å². The second kappa shape index (κ2) is 11.4. The molecule has 3 aliphatic heterocycles. The number of hydrogen-bond acceptors (Lipinski definition) is 9. The Morgan fingerprint density at radius 1 is 1.19 bits per heavy atom. The van der Waals surface area contributed by atoms with Gasteiger partial charge in [-0.25, -0.2) is 13.2 Å². The van der Waals surface area contributed by atoms with Gasteiger partial charge >= 0.3 is 12.2 Å². The third kappa shape index (κ3) is 5.30. The van der Waals surface area contributed by atoms with Crippen molar-refractivity contribution in [1.82, 2.24) is 14.9 Å². The molecule has 3 saturated heterocycles. The zero-order valence-corrected chi connectivity index (χ0v) is 26.0. The summed E-state index contributed by atoms with van der Waals surface area (Å²) in [5, 5.41) is 18.8. The first-order chi connectivity index (χ1) is 22.3. The molecule has 2 aromatic carbocycles. The van der Waals surface area contributed by atoms with Crippen LogP contribution in [-0.2, 0) is 6.18 Å². The number of alkyl halides is 4. The van der Waals surface area contributed by atoms with Crippen LogP contribution in [0.3, 0.4) is 0 Å². The number of nitrogen functional groups attached to an aromatic ring is 1. The Morgan fingerprint density at radius 3 is 2.57 bits per heavy atom. The van der Waals surface area contributed by atoms with Gasteiger partial charge in [-0.1, -0.05) is 6.07 Å². The van der Waals surface area contributed by atoms with Gasteiger partial charge in [0, 0.05) is 47.4 Å². The Bertz CT molecular complexity index is 1920. The van der Waals surface area contributed by atoms with E-state index in [-0.39, 0.29) is 48.8 Å². The molecule has 2 aromatic heterocycles. The number of nitriles is 1. The van der Waals surface area contributed by atoms with Crippen molar-refractivity contribution in [3.05, 3.63) is 41.0 Å². The van der Waals surface area contributed by atoms with Gasteiger partial charge < -0.3 is 20.5 Å². The van der Waals surface area contributed by atoms with Gasteiger partial charge in [0.1, 0.15) is 34.4 Å². The van der Waals surface area contributed by atoms with Crippen LogP contribution in [0.2, 0.25) is 0 Å². The predicted molar refractivity (Wildman–Crippen MR) is 165 cm³/mol. The standard InChI is InChI=1S/C25H18F5N5O2S.C7H12FN/c1-37-23-33-19-12(22(34-23)35-8-24(9-35)5-10(36)6-24)4-14(25(28,29)30)17(18(19)27)11-2-3-15(26)20-16(11)13(7-31)21(32)38-20;8-6-4-7-2-1-3-9(7)5-6/h2-4,10,36H,5-6,8-9,32H2,1H3;6-7H,1-5H2. The number of aliphatic hydroxyl groups excluding tert-OH is 1. The number of nitrogens with zero attached hydrogens (tertiary/aromatic N) is 5. The number of rotatable bonds is 3. The summed E-state index contributed by atoms with van der Waals surface area (Å²) >= 11 is 0.699. The number of fused-ring (bicyclic) bond motifs is 3.